The van der Waals surface area contributed by atoms with Gasteiger partial charge < -0.3 is 0 Å². The van der Waals surface area contributed by atoms with Crippen molar-refractivity contribution in [3.8, 4) is 0 Å². The van der Waals surface area contributed by atoms with Crippen LogP contribution < -0.4 is 0 Å². The Bertz CT molecular complexity index is 183. The lowest BCUT2D eigenvalue weighted by atomic mass is 10.1. The Balaban J connectivity index is 2.36. The maximum atomic E-state index is 3.92. The van der Waals surface area contributed by atoms with Gasteiger partial charge in [0.2, 0.25) is 0 Å². The van der Waals surface area contributed by atoms with Crippen molar-refractivity contribution in [1.82, 2.24) is 0 Å². The summed E-state index contributed by atoms with van der Waals surface area (Å²) in [5, 5.41) is 0. The van der Waals surface area contributed by atoms with E-state index in [0.29, 0.717) is 4.32 Å². The van der Waals surface area contributed by atoms with Crippen LogP contribution in [0.3, 0.4) is 0 Å². The molecule has 0 aromatic heterocycles. The molecule has 1 heteroatoms. The maximum Gasteiger partial charge on any atom is 0.0329 e. The normalized spacial score (nSPS) is 34.9. The monoisotopic (exact) mass is 214 g/mol. The van der Waals surface area contributed by atoms with E-state index in [2.05, 4.69) is 36.0 Å². The molecule has 0 spiro atoms. The van der Waals surface area contributed by atoms with Gasteiger partial charge in [0.1, 0.15) is 0 Å². The predicted molar refractivity (Wildman–Crippen MR) is 54.0 cm³/mol. The van der Waals surface area contributed by atoms with Crippen molar-refractivity contribution in [2.45, 2.75) is 30.5 Å². The maximum absolute atomic E-state index is 3.92. The molecule has 11 heavy (non-hydrogen) atoms. The minimum Gasteiger partial charge on any atom is -0.103 e. The van der Waals surface area contributed by atoms with E-state index < -0.39 is 0 Å². The Kier molecular flexibility index (Phi) is 2.58. The lowest BCUT2D eigenvalue weighted by molar-refractivity contribution is 0.753. The first-order valence-electron chi connectivity index (χ1n) is 4.02. The molecule has 1 fully saturated rings. The summed E-state index contributed by atoms with van der Waals surface area (Å²) in [6.07, 6.45) is 5.54. The lowest BCUT2D eigenvalue weighted by Crippen LogP contribution is -2.01. The van der Waals surface area contributed by atoms with Crippen molar-refractivity contribution in [2.75, 3.05) is 0 Å². The van der Waals surface area contributed by atoms with Crippen molar-refractivity contribution < 1.29 is 0 Å². The van der Waals surface area contributed by atoms with Crippen LogP contribution in [0.15, 0.2) is 24.8 Å². The van der Waals surface area contributed by atoms with Crippen LogP contribution in [-0.2, 0) is 0 Å². The molecule has 0 N–H and O–H groups in total. The number of hydrogen-bond donors (Lipinski definition) is 0. The largest absolute Gasteiger partial charge is 0.103 e. The molecular formula is C10H15Br. The van der Waals surface area contributed by atoms with Crippen molar-refractivity contribution in [3.63, 3.8) is 0 Å². The summed E-state index contributed by atoms with van der Waals surface area (Å²) < 4.78 is 0.382. The Morgan fingerprint density at radius 3 is 2.91 bits per heavy atom. The molecule has 0 aromatic rings. The first-order valence-corrected chi connectivity index (χ1v) is 4.82. The van der Waals surface area contributed by atoms with Gasteiger partial charge in [0.05, 0.1) is 0 Å². The van der Waals surface area contributed by atoms with Gasteiger partial charge in [-0.2, -0.15) is 0 Å². The van der Waals surface area contributed by atoms with E-state index in [9.17, 15) is 0 Å². The highest BCUT2D eigenvalue weighted by Gasteiger charge is 2.50. The van der Waals surface area contributed by atoms with Gasteiger partial charge in [-0.1, -0.05) is 27.6 Å². The van der Waals surface area contributed by atoms with Crippen LogP contribution in [0, 0.1) is 5.92 Å². The Hall–Kier alpha value is -0.0400. The van der Waals surface area contributed by atoms with E-state index in [1.165, 1.54) is 12.0 Å². The zero-order valence-corrected chi connectivity index (χ0v) is 8.65. The van der Waals surface area contributed by atoms with Crippen molar-refractivity contribution in [2.24, 2.45) is 5.92 Å². The molecule has 0 aliphatic heterocycles. The third kappa shape index (κ3) is 2.19. The van der Waals surface area contributed by atoms with Crippen molar-refractivity contribution in [3.05, 3.63) is 24.8 Å². The summed E-state index contributed by atoms with van der Waals surface area (Å²) in [6, 6.07) is 0. The van der Waals surface area contributed by atoms with Crippen LogP contribution in [0.2, 0.25) is 0 Å². The minimum atomic E-state index is 0.382. The molecule has 1 rings (SSSR count). The fraction of sp³-hybridized carbons (Fsp3) is 0.600. The highest BCUT2D eigenvalue weighted by Crippen LogP contribution is 2.56. The molecule has 1 aliphatic carbocycles. The van der Waals surface area contributed by atoms with E-state index >= 15 is 0 Å². The zero-order valence-electron chi connectivity index (χ0n) is 7.07. The second kappa shape index (κ2) is 3.14. The molecular weight excluding hydrogens is 200 g/mol. The molecule has 2 atom stereocenters. The van der Waals surface area contributed by atoms with Gasteiger partial charge in [-0.3, -0.25) is 0 Å². The van der Waals surface area contributed by atoms with E-state index in [4.69, 9.17) is 0 Å². The third-order valence-electron chi connectivity index (χ3n) is 2.20. The predicted octanol–water partition coefficient (Wildman–Crippen LogP) is 3.68. The second-order valence-electron chi connectivity index (χ2n) is 3.59. The van der Waals surface area contributed by atoms with Crippen LogP contribution in [-0.4, -0.2) is 4.32 Å². The highest BCUT2D eigenvalue weighted by molar-refractivity contribution is 9.10. The molecule has 2 unspecified atom stereocenters. The smallest absolute Gasteiger partial charge is 0.0329 e. The second-order valence-corrected chi connectivity index (χ2v) is 5.17. The van der Waals surface area contributed by atoms with Gasteiger partial charge in [-0.15, -0.1) is 13.2 Å². The number of rotatable bonds is 4. The summed E-state index contributed by atoms with van der Waals surface area (Å²) in [6.45, 7) is 9.75. The first kappa shape index (κ1) is 9.05. The topological polar surface area (TPSA) is 0 Å². The summed E-state index contributed by atoms with van der Waals surface area (Å²) >= 11 is 3.75. The SMILES string of the molecule is C=CCC1CC1(Br)CC(=C)C. The number of allylic oxidation sites excluding steroid dienone is 2. The standard InChI is InChI=1S/C10H15Br/c1-4-5-9-7-10(9,11)6-8(2)3/h4,9H,1-2,5-7H2,3H3. The first-order chi connectivity index (χ1) is 5.08. The van der Waals surface area contributed by atoms with E-state index in [1.807, 2.05) is 6.08 Å². The van der Waals surface area contributed by atoms with Crippen LogP contribution >= 0.6 is 15.9 Å². The average molecular weight is 215 g/mol. The quantitative estimate of drug-likeness (QED) is 0.495. The number of hydrogen-bond acceptors (Lipinski definition) is 0. The van der Waals surface area contributed by atoms with E-state index in [-0.39, 0.29) is 0 Å². The minimum absolute atomic E-state index is 0.382. The van der Waals surface area contributed by atoms with E-state index in [0.717, 1.165) is 18.8 Å². The Morgan fingerprint density at radius 2 is 2.45 bits per heavy atom. The lowest BCUT2D eigenvalue weighted by Gasteiger charge is -2.07. The zero-order chi connectivity index (χ0) is 8.48. The highest BCUT2D eigenvalue weighted by atomic mass is 79.9. The number of halogens is 1. The Labute approximate surface area is 77.5 Å². The van der Waals surface area contributed by atoms with Gasteiger partial charge >= 0.3 is 0 Å². The van der Waals surface area contributed by atoms with Gasteiger partial charge in [0, 0.05) is 4.32 Å². The molecule has 1 aliphatic rings. The molecule has 62 valence electrons. The molecule has 0 radical (unpaired) electrons. The number of alkyl halides is 1. The van der Waals surface area contributed by atoms with Gasteiger partial charge in [-0.05, 0) is 32.1 Å². The fourth-order valence-corrected chi connectivity index (χ4v) is 2.62. The van der Waals surface area contributed by atoms with Crippen molar-refractivity contribution >= 4 is 15.9 Å². The molecule has 0 heterocycles. The summed E-state index contributed by atoms with van der Waals surface area (Å²) in [5.41, 5.74) is 1.27. The molecule has 0 saturated heterocycles. The van der Waals surface area contributed by atoms with Crippen LogP contribution in [0.4, 0.5) is 0 Å². The van der Waals surface area contributed by atoms with Gasteiger partial charge in [0.25, 0.3) is 0 Å². The van der Waals surface area contributed by atoms with Gasteiger partial charge in [-0.25, -0.2) is 0 Å². The van der Waals surface area contributed by atoms with Crippen LogP contribution in [0.25, 0.3) is 0 Å². The molecule has 0 aromatic carbocycles. The van der Waals surface area contributed by atoms with Crippen LogP contribution in [0.1, 0.15) is 26.2 Å². The molecule has 1 saturated carbocycles. The van der Waals surface area contributed by atoms with Crippen molar-refractivity contribution in [1.29, 1.82) is 0 Å². The summed E-state index contributed by atoms with van der Waals surface area (Å²) in [5.74, 6) is 0.802. The van der Waals surface area contributed by atoms with Gasteiger partial charge in [0.15, 0.2) is 0 Å². The average Bonchev–Trinajstić information content (AvgIpc) is 2.40. The Morgan fingerprint density at radius 1 is 1.82 bits per heavy atom. The molecule has 0 nitrogen and oxygen atoms in total. The molecule has 0 amide bonds. The molecule has 0 bridgehead atoms. The third-order valence-corrected chi connectivity index (χ3v) is 3.46. The van der Waals surface area contributed by atoms with Crippen LogP contribution in [0.5, 0.6) is 0 Å². The summed E-state index contributed by atoms with van der Waals surface area (Å²) in [4.78, 5) is 0. The van der Waals surface area contributed by atoms with E-state index in [1.54, 1.807) is 0 Å². The fourth-order valence-electron chi connectivity index (χ4n) is 1.56. The summed E-state index contributed by atoms with van der Waals surface area (Å²) in [7, 11) is 0.